The van der Waals surface area contributed by atoms with Crippen LogP contribution >= 0.6 is 0 Å². The van der Waals surface area contributed by atoms with Gasteiger partial charge in [-0.05, 0) is 103 Å². The number of carbonyl (C=O) groups is 2. The van der Waals surface area contributed by atoms with E-state index in [1.54, 1.807) is 82.5 Å². The Kier molecular flexibility index (Phi) is 17.8. The van der Waals surface area contributed by atoms with Gasteiger partial charge in [-0.1, -0.05) is 65.8 Å². The number of sulfone groups is 1. The molecular weight excluding hydrogens is 998 g/mol. The number of nitro benzene ring substituents is 1. The minimum atomic E-state index is -3.92. The lowest BCUT2D eigenvalue weighted by Gasteiger charge is -2.30. The molecule has 0 aliphatic carbocycles. The lowest BCUT2D eigenvalue weighted by atomic mass is 9.90. The van der Waals surface area contributed by atoms with Crippen LogP contribution in [0.4, 0.5) is 20.0 Å². The van der Waals surface area contributed by atoms with Crippen molar-refractivity contribution in [2.45, 2.75) is 105 Å². The molecule has 0 unspecified atom stereocenters. The molecule has 7 aromatic rings. The van der Waals surface area contributed by atoms with Gasteiger partial charge in [0, 0.05) is 109 Å². The number of benzene rings is 4. The van der Waals surface area contributed by atoms with E-state index in [1.165, 1.54) is 12.1 Å². The van der Waals surface area contributed by atoms with Gasteiger partial charge in [0.05, 0.1) is 22.2 Å². The average molecular weight is 1060 g/mol. The van der Waals surface area contributed by atoms with E-state index < -0.39 is 32.6 Å². The van der Waals surface area contributed by atoms with Crippen LogP contribution in [-0.4, -0.2) is 83.3 Å². The number of carbonyl (C=O) groups excluding carboxylic acids is 2. The van der Waals surface area contributed by atoms with E-state index in [0.717, 1.165) is 41.9 Å². The van der Waals surface area contributed by atoms with E-state index >= 15 is 8.63 Å². The summed E-state index contributed by atoms with van der Waals surface area (Å²) < 4.78 is 72.1. The fourth-order valence-electron chi connectivity index (χ4n) is 8.95. The summed E-state index contributed by atoms with van der Waals surface area (Å²) >= 11 is 0. The zero-order chi connectivity index (χ0) is 56.1. The normalized spacial score (nSPS) is 13.5. The van der Waals surface area contributed by atoms with Crippen LogP contribution in [0.15, 0.2) is 115 Å². The zero-order valence-corrected chi connectivity index (χ0v) is 46.0. The number of anilines is 1. The molecule has 0 radical (unpaired) electrons. The molecule has 0 saturated carbocycles. The molecule has 0 spiro atoms. The molecule has 9 rings (SSSR count). The molecule has 0 fully saturated rings. The first-order valence-electron chi connectivity index (χ1n) is 25.0. The highest BCUT2D eigenvalue weighted by Crippen LogP contribution is 2.36. The number of allylic oxidation sites excluding steroid dienone is 2. The summed E-state index contributed by atoms with van der Waals surface area (Å²) in [5.41, 5.74) is 6.25. The molecule has 402 valence electrons. The van der Waals surface area contributed by atoms with Crippen molar-refractivity contribution < 1.29 is 49.8 Å². The molecule has 0 saturated heterocycles. The molecule has 0 N–H and O–H groups in total. The van der Waals surface area contributed by atoms with Crippen molar-refractivity contribution in [3.63, 3.8) is 0 Å². The first-order valence-corrected chi connectivity index (χ1v) is 26.5. The van der Waals surface area contributed by atoms with Crippen LogP contribution in [0.5, 0.6) is 5.75 Å². The first kappa shape index (κ1) is 57.7. The number of non-ortho nitro benzene ring substituents is 1. The molecule has 0 bridgehead atoms. The summed E-state index contributed by atoms with van der Waals surface area (Å²) in [6, 6.07) is 22.8. The largest absolute Gasteiger partial charge is 0.737 e. The van der Waals surface area contributed by atoms with E-state index in [0.29, 0.717) is 62.9 Å². The molecule has 20 heteroatoms. The summed E-state index contributed by atoms with van der Waals surface area (Å²) in [6.07, 6.45) is 6.12. The van der Waals surface area contributed by atoms with Gasteiger partial charge in [0.15, 0.2) is 15.5 Å². The van der Waals surface area contributed by atoms with Crippen molar-refractivity contribution in [3.05, 3.63) is 145 Å². The van der Waals surface area contributed by atoms with Crippen LogP contribution in [0.1, 0.15) is 102 Å². The molecule has 16 nitrogen and oxygen atoms in total. The fourth-order valence-corrected chi connectivity index (χ4v) is 10.2. The third-order valence-electron chi connectivity index (χ3n) is 13.2. The number of Topliss-reactive ketones (excluding diaryl/α,β-unsaturated/α-hetero) is 2. The third kappa shape index (κ3) is 12.2. The highest BCUT2D eigenvalue weighted by molar-refractivity contribution is 7.92. The van der Waals surface area contributed by atoms with E-state index in [4.69, 9.17) is 9.15 Å². The van der Waals surface area contributed by atoms with Crippen molar-refractivity contribution in [2.75, 3.05) is 26.1 Å². The van der Waals surface area contributed by atoms with Crippen LogP contribution in [0, 0.1) is 35.8 Å². The monoisotopic (exact) mass is 1060 g/mol. The number of hydrogen-bond acceptors (Lipinski definition) is 13. The second kappa shape index (κ2) is 23.5. The summed E-state index contributed by atoms with van der Waals surface area (Å²) in [7, 11) is 2.20. The van der Waals surface area contributed by atoms with Gasteiger partial charge >= 0.3 is 18.3 Å². The van der Waals surface area contributed by atoms with E-state index in [9.17, 15) is 32.9 Å². The number of fused-ring (bicyclic) bond motifs is 5. The minimum Gasteiger partial charge on any atom is -0.497 e. The molecule has 0 atom stereocenters. The first-order chi connectivity index (χ1) is 35.7. The maximum absolute atomic E-state index is 15.1. The van der Waals surface area contributed by atoms with E-state index in [1.807, 2.05) is 97.8 Å². The SMILES string of the molecule is CC(C)S(=O)(=O)c1cccc2c(N(C)C)cccc12.CC(C)c1ccc([N+](=O)[O-])c2nonc12.COc1ccc2c(CC(=O)C(C)C)cc(=O)oc2c1.Cc1cc(C)n2c1C=C1C=CC(CCC(=O)C(C)C)=[N+]1[B-]2(F)F. The van der Waals surface area contributed by atoms with Gasteiger partial charge in [-0.2, -0.15) is 0 Å². The van der Waals surface area contributed by atoms with Crippen molar-refractivity contribution in [2.24, 2.45) is 11.8 Å². The molecule has 0 amide bonds. The number of hydrogen-bond donors (Lipinski definition) is 0. The van der Waals surface area contributed by atoms with Crippen LogP contribution < -0.4 is 15.3 Å². The number of halogens is 2. The molecule has 2 aliphatic rings. The van der Waals surface area contributed by atoms with Crippen molar-refractivity contribution >= 4 is 84.3 Å². The van der Waals surface area contributed by atoms with E-state index in [-0.39, 0.29) is 46.9 Å². The Morgan fingerprint density at radius 1 is 0.855 bits per heavy atom. The predicted octanol–water partition coefficient (Wildman–Crippen LogP) is 11.6. The van der Waals surface area contributed by atoms with Crippen LogP contribution in [-0.2, 0) is 25.8 Å². The average Bonchev–Trinajstić information content (AvgIpc) is 4.10. The van der Waals surface area contributed by atoms with E-state index in [2.05, 4.69) is 14.9 Å². The van der Waals surface area contributed by atoms with Gasteiger partial charge in [-0.25, -0.2) is 17.8 Å². The molecular formula is C56H65BF2N6O10S. The summed E-state index contributed by atoms with van der Waals surface area (Å²) in [5, 5.41) is 20.1. The molecule has 76 heavy (non-hydrogen) atoms. The van der Waals surface area contributed by atoms with Crippen molar-refractivity contribution in [3.8, 4) is 5.75 Å². The van der Waals surface area contributed by atoms with Gasteiger partial charge in [0.1, 0.15) is 34.1 Å². The van der Waals surface area contributed by atoms with Gasteiger partial charge in [-0.15, -0.1) is 0 Å². The predicted molar refractivity (Wildman–Crippen MR) is 294 cm³/mol. The standard InChI is InChI=1S/C17H21BF2N2O.C15H19NO2S.C15H16O4.C9H9N3O3/c1-11(2)17(23)8-7-14-5-6-15-10-16-12(3)9-13(4)21(16)18(19,20)22(14)15;1-11(2)19(17,18)15-10-6-7-12-13(15)8-5-9-14(12)16(3)4;1-9(2)13(16)6-10-7-15(17)19-14-8-11(18-3)4-5-12(10)14;1-5(2)6-3-4-7(12(13)14)9-8(6)10-15-11-9/h5-6,9-11H,7-8H2,1-4H3;5-11H,1-4H3;4-5,7-9H,6H2,1-3H3;3-5H,1-2H3. The number of rotatable bonds is 13. The second-order valence-electron chi connectivity index (χ2n) is 20.1. The summed E-state index contributed by atoms with van der Waals surface area (Å²) in [4.78, 5) is 47.8. The Morgan fingerprint density at radius 3 is 2.13 bits per heavy atom. The second-order valence-corrected chi connectivity index (χ2v) is 22.6. The van der Waals surface area contributed by atoms with Gasteiger partial charge in [0.2, 0.25) is 5.52 Å². The van der Waals surface area contributed by atoms with Crippen LogP contribution in [0.2, 0.25) is 0 Å². The van der Waals surface area contributed by atoms with Gasteiger partial charge in [-0.3, -0.25) is 19.7 Å². The quantitative estimate of drug-likeness (QED) is 0.0457. The summed E-state index contributed by atoms with van der Waals surface area (Å²) in [5.74, 6) is 0.917. The molecule has 2 aliphatic heterocycles. The number of aromatic nitrogens is 3. The van der Waals surface area contributed by atoms with Gasteiger partial charge in [0.25, 0.3) is 0 Å². The number of aryl methyl sites for hydroxylation is 2. The lowest BCUT2D eigenvalue weighted by molar-refractivity contribution is -0.383. The van der Waals surface area contributed by atoms with Crippen LogP contribution in [0.3, 0.4) is 0 Å². The Labute approximate surface area is 440 Å². The third-order valence-corrected chi connectivity index (χ3v) is 15.4. The number of nitro groups is 1. The minimum absolute atomic E-state index is 0.0551. The highest BCUT2D eigenvalue weighted by Gasteiger charge is 2.52. The molecule has 3 aromatic heterocycles. The smallest absolute Gasteiger partial charge is 0.497 e. The lowest BCUT2D eigenvalue weighted by Crippen LogP contribution is -2.50. The molecule has 4 aromatic carbocycles. The van der Waals surface area contributed by atoms with Gasteiger partial charge < -0.3 is 31.6 Å². The Hall–Kier alpha value is -7.61. The zero-order valence-electron chi connectivity index (χ0n) is 45.2. The Morgan fingerprint density at radius 2 is 1.51 bits per heavy atom. The number of nitrogens with zero attached hydrogens (tertiary/aromatic N) is 6. The maximum atomic E-state index is 15.1. The Balaban J connectivity index is 0.000000166. The highest BCUT2D eigenvalue weighted by atomic mass is 32.2. The topological polar surface area (TPSA) is 201 Å². The fraction of sp³-hybridized carbons (Fsp3) is 0.357. The number of ketones is 2. The molecule has 5 heterocycles. The van der Waals surface area contributed by atoms with Crippen LogP contribution in [0.25, 0.3) is 38.9 Å². The van der Waals surface area contributed by atoms with Crippen molar-refractivity contribution in [1.29, 1.82) is 0 Å². The van der Waals surface area contributed by atoms with Crippen molar-refractivity contribution in [1.82, 2.24) is 14.8 Å². The maximum Gasteiger partial charge on any atom is 0.737 e. The number of ether oxygens (including phenoxy) is 1. The Bertz CT molecular complexity index is 3630. The summed E-state index contributed by atoms with van der Waals surface area (Å²) in [6.45, 7) is 14.4. The number of methoxy groups -OCH3 is 1.